The molecule has 0 aromatic rings. The Morgan fingerprint density at radius 2 is 1.75 bits per heavy atom. The minimum absolute atomic E-state index is 0.0196. The summed E-state index contributed by atoms with van der Waals surface area (Å²) in [5.41, 5.74) is -0.284. The molecule has 0 aromatic carbocycles. The first-order chi connectivity index (χ1) is 9.15. The monoisotopic (exact) mass is 303 g/mol. The number of Topliss-reactive ketones (excluding diaryl/α,β-unsaturated/α-hetero) is 1. The summed E-state index contributed by atoms with van der Waals surface area (Å²) in [4.78, 5) is 12.6. The van der Waals surface area contributed by atoms with Gasteiger partial charge in [-0.25, -0.2) is 8.42 Å². The highest BCUT2D eigenvalue weighted by Gasteiger charge is 2.39. The highest BCUT2D eigenvalue weighted by atomic mass is 32.2. The molecule has 0 saturated carbocycles. The summed E-state index contributed by atoms with van der Waals surface area (Å²) < 4.78 is 23.5. The third kappa shape index (κ3) is 4.04. The summed E-state index contributed by atoms with van der Waals surface area (Å²) >= 11 is 0. The lowest BCUT2D eigenvalue weighted by molar-refractivity contribution is -0.130. The number of hydrogen-bond donors (Lipinski definition) is 1. The van der Waals surface area contributed by atoms with E-state index < -0.39 is 14.6 Å². The number of piperidine rings is 1. The van der Waals surface area contributed by atoms with Gasteiger partial charge in [0.15, 0.2) is 9.84 Å². The molecule has 1 saturated heterocycles. The minimum atomic E-state index is -3.21. The zero-order valence-corrected chi connectivity index (χ0v) is 14.1. The third-order valence-electron chi connectivity index (χ3n) is 4.41. The van der Waals surface area contributed by atoms with Crippen LogP contribution in [-0.4, -0.2) is 37.8 Å². The van der Waals surface area contributed by atoms with E-state index in [-0.39, 0.29) is 23.4 Å². The lowest BCUT2D eigenvalue weighted by Crippen LogP contribution is -2.43. The maximum absolute atomic E-state index is 12.6. The van der Waals surface area contributed by atoms with Crippen molar-refractivity contribution in [2.45, 2.75) is 64.5 Å². The predicted octanol–water partition coefficient (Wildman–Crippen LogP) is 2.33. The fourth-order valence-electron chi connectivity index (χ4n) is 2.85. The van der Waals surface area contributed by atoms with E-state index in [1.165, 1.54) is 0 Å². The van der Waals surface area contributed by atoms with Gasteiger partial charge in [-0.05, 0) is 53.1 Å². The van der Waals surface area contributed by atoms with E-state index in [1.54, 1.807) is 20.8 Å². The summed E-state index contributed by atoms with van der Waals surface area (Å²) in [6, 6.07) is 0. The molecule has 1 fully saturated rings. The second-order valence-corrected chi connectivity index (χ2v) is 9.75. The van der Waals surface area contributed by atoms with E-state index in [4.69, 9.17) is 0 Å². The zero-order chi connectivity index (χ0) is 15.4. The highest BCUT2D eigenvalue weighted by molar-refractivity contribution is 7.92. The smallest absolute Gasteiger partial charge is 0.155 e. The Bertz CT molecular complexity index is 423. The number of sulfone groups is 1. The molecule has 1 N–H and O–H groups in total. The molecule has 0 aromatic heterocycles. The number of carbonyl (C=O) groups is 1. The van der Waals surface area contributed by atoms with Crippen LogP contribution in [0.3, 0.4) is 0 Å². The number of nitrogens with one attached hydrogen (secondary N) is 1. The number of carbonyl (C=O) groups excluding carboxylic acids is 1. The van der Waals surface area contributed by atoms with Gasteiger partial charge in [0.2, 0.25) is 0 Å². The predicted molar refractivity (Wildman–Crippen MR) is 82.6 cm³/mol. The van der Waals surface area contributed by atoms with Crippen molar-refractivity contribution in [3.63, 3.8) is 0 Å². The lowest BCUT2D eigenvalue weighted by Gasteiger charge is -2.36. The summed E-state index contributed by atoms with van der Waals surface area (Å²) in [5, 5.41) is 3.28. The van der Waals surface area contributed by atoms with Gasteiger partial charge in [-0.2, -0.15) is 0 Å². The second kappa shape index (κ2) is 6.56. The number of rotatable bonds is 6. The zero-order valence-electron chi connectivity index (χ0n) is 13.3. The largest absolute Gasteiger partial charge is 0.317 e. The minimum Gasteiger partial charge on any atom is -0.317 e. The van der Waals surface area contributed by atoms with Crippen molar-refractivity contribution < 1.29 is 13.2 Å². The molecule has 5 heteroatoms. The molecular weight excluding hydrogens is 274 g/mol. The Labute approximate surface area is 123 Å². The molecule has 118 valence electrons. The van der Waals surface area contributed by atoms with Gasteiger partial charge in [-0.15, -0.1) is 0 Å². The van der Waals surface area contributed by atoms with Gasteiger partial charge in [-0.3, -0.25) is 4.79 Å². The van der Waals surface area contributed by atoms with Crippen LogP contribution in [-0.2, 0) is 14.6 Å². The first-order valence-corrected chi connectivity index (χ1v) is 9.26. The molecule has 1 heterocycles. The number of ketones is 1. The quantitative estimate of drug-likeness (QED) is 0.818. The standard InChI is InChI=1S/C15H29NO3S/c1-5-7-15(8-10-16-11-9-15)13(17)6-12-20(18,19)14(2,3)4/h16H,5-12H2,1-4H3. The van der Waals surface area contributed by atoms with Crippen LogP contribution < -0.4 is 5.32 Å². The van der Waals surface area contributed by atoms with Gasteiger partial charge < -0.3 is 5.32 Å². The van der Waals surface area contributed by atoms with E-state index in [0.29, 0.717) is 0 Å². The van der Waals surface area contributed by atoms with Gasteiger partial charge in [0, 0.05) is 11.8 Å². The van der Waals surface area contributed by atoms with E-state index in [0.717, 1.165) is 38.8 Å². The third-order valence-corrected chi connectivity index (χ3v) is 7.02. The molecule has 20 heavy (non-hydrogen) atoms. The Morgan fingerprint density at radius 1 is 1.20 bits per heavy atom. The van der Waals surface area contributed by atoms with Crippen molar-refractivity contribution in [1.29, 1.82) is 0 Å². The molecule has 1 aliphatic rings. The Balaban J connectivity index is 2.73. The summed E-state index contributed by atoms with van der Waals surface area (Å²) in [7, 11) is -3.21. The van der Waals surface area contributed by atoms with E-state index in [9.17, 15) is 13.2 Å². The van der Waals surface area contributed by atoms with E-state index in [1.807, 2.05) is 0 Å². The van der Waals surface area contributed by atoms with Gasteiger partial charge in [0.05, 0.1) is 10.5 Å². The van der Waals surface area contributed by atoms with Crippen LogP contribution in [0.4, 0.5) is 0 Å². The Hall–Kier alpha value is -0.420. The van der Waals surface area contributed by atoms with Crippen molar-refractivity contribution in [3.8, 4) is 0 Å². The van der Waals surface area contributed by atoms with Crippen LogP contribution in [0.25, 0.3) is 0 Å². The molecular formula is C15H29NO3S. The summed E-state index contributed by atoms with van der Waals surface area (Å²) in [6.45, 7) is 8.88. The van der Waals surface area contributed by atoms with Crippen molar-refractivity contribution in [2.24, 2.45) is 5.41 Å². The van der Waals surface area contributed by atoms with Gasteiger partial charge >= 0.3 is 0 Å². The summed E-state index contributed by atoms with van der Waals surface area (Å²) in [6.07, 6.45) is 3.70. The first-order valence-electron chi connectivity index (χ1n) is 7.61. The molecule has 0 aliphatic carbocycles. The summed E-state index contributed by atoms with van der Waals surface area (Å²) in [5.74, 6) is 0.127. The average molecular weight is 303 g/mol. The van der Waals surface area contributed by atoms with Crippen molar-refractivity contribution in [1.82, 2.24) is 5.32 Å². The lowest BCUT2D eigenvalue weighted by atomic mass is 9.71. The molecule has 0 amide bonds. The molecule has 0 atom stereocenters. The van der Waals surface area contributed by atoms with Gasteiger partial charge in [-0.1, -0.05) is 13.3 Å². The van der Waals surface area contributed by atoms with Crippen LogP contribution in [0.15, 0.2) is 0 Å². The van der Waals surface area contributed by atoms with Gasteiger partial charge in [0.25, 0.3) is 0 Å². The normalized spacial score (nSPS) is 19.8. The fourth-order valence-corrected chi connectivity index (χ4v) is 3.92. The fraction of sp³-hybridized carbons (Fsp3) is 0.933. The topological polar surface area (TPSA) is 63.2 Å². The molecule has 0 radical (unpaired) electrons. The average Bonchev–Trinajstić information content (AvgIpc) is 2.36. The van der Waals surface area contributed by atoms with Gasteiger partial charge in [0.1, 0.15) is 5.78 Å². The van der Waals surface area contributed by atoms with Crippen LogP contribution in [0.5, 0.6) is 0 Å². The molecule has 0 unspecified atom stereocenters. The maximum atomic E-state index is 12.6. The van der Waals surface area contributed by atoms with Crippen LogP contribution in [0.2, 0.25) is 0 Å². The Kier molecular flexibility index (Phi) is 5.79. The first kappa shape index (κ1) is 17.6. The van der Waals surface area contributed by atoms with E-state index in [2.05, 4.69) is 12.2 Å². The SMILES string of the molecule is CCCC1(C(=O)CCS(=O)(=O)C(C)(C)C)CCNCC1. The maximum Gasteiger partial charge on any atom is 0.155 e. The van der Waals surface area contributed by atoms with Crippen molar-refractivity contribution >= 4 is 15.6 Å². The molecule has 0 spiro atoms. The molecule has 0 bridgehead atoms. The van der Waals surface area contributed by atoms with Crippen LogP contribution in [0, 0.1) is 5.41 Å². The highest BCUT2D eigenvalue weighted by Crippen LogP contribution is 2.36. The van der Waals surface area contributed by atoms with E-state index >= 15 is 0 Å². The molecule has 1 rings (SSSR count). The van der Waals surface area contributed by atoms with Crippen molar-refractivity contribution in [2.75, 3.05) is 18.8 Å². The van der Waals surface area contributed by atoms with Crippen molar-refractivity contribution in [3.05, 3.63) is 0 Å². The number of hydrogen-bond acceptors (Lipinski definition) is 4. The Morgan fingerprint density at radius 3 is 2.20 bits per heavy atom. The second-order valence-electron chi connectivity index (χ2n) is 6.88. The van der Waals surface area contributed by atoms with Crippen LogP contribution >= 0.6 is 0 Å². The molecule has 1 aliphatic heterocycles. The van der Waals surface area contributed by atoms with Crippen LogP contribution in [0.1, 0.15) is 59.8 Å². The molecule has 4 nitrogen and oxygen atoms in total.